The molecule has 1 heterocycles. The number of benzene rings is 1. The predicted octanol–water partition coefficient (Wildman–Crippen LogP) is 2.79. The van der Waals surface area contributed by atoms with Gasteiger partial charge in [0.15, 0.2) is 5.17 Å². The van der Waals surface area contributed by atoms with E-state index in [-0.39, 0.29) is 5.91 Å². The van der Waals surface area contributed by atoms with E-state index in [4.69, 9.17) is 9.47 Å². The molecule has 116 valence electrons. The average molecular weight is 318 g/mol. The molecule has 0 spiro atoms. The molecule has 0 aromatic heterocycles. The molecule has 1 aliphatic rings. The molecule has 1 aromatic carbocycles. The first kappa shape index (κ1) is 16.2. The van der Waals surface area contributed by atoms with Crippen LogP contribution in [0.4, 0.5) is 0 Å². The van der Waals surface area contributed by atoms with Crippen molar-refractivity contribution < 1.29 is 14.3 Å². The molecule has 1 saturated heterocycles. The summed E-state index contributed by atoms with van der Waals surface area (Å²) in [5, 5.41) is 0.670. The van der Waals surface area contributed by atoms with Crippen molar-refractivity contribution in [2.24, 2.45) is 4.99 Å². The fourth-order valence-corrected chi connectivity index (χ4v) is 2.88. The molecule has 2 rings (SSSR count). The number of amidine groups is 1. The molecule has 0 atom stereocenters. The Balaban J connectivity index is 2.33. The van der Waals surface area contributed by atoms with E-state index in [1.165, 1.54) is 16.7 Å². The Kier molecular flexibility index (Phi) is 5.27. The number of hydrogen-bond donors (Lipinski definition) is 0. The van der Waals surface area contributed by atoms with Gasteiger partial charge in [0.2, 0.25) is 0 Å². The Morgan fingerprint density at radius 2 is 2.14 bits per heavy atom. The second kappa shape index (κ2) is 7.17. The Morgan fingerprint density at radius 3 is 2.77 bits per heavy atom. The monoisotopic (exact) mass is 318 g/mol. The highest BCUT2D eigenvalue weighted by molar-refractivity contribution is 8.18. The number of aliphatic imine (C=N–C) groups is 1. The molecule has 1 amide bonds. The minimum atomic E-state index is -0.0781. The number of nitrogens with zero attached hydrogens (tertiary/aromatic N) is 2. The summed E-state index contributed by atoms with van der Waals surface area (Å²) in [5.41, 5.74) is 0.817. The molecule has 0 radical (unpaired) electrons. The zero-order chi connectivity index (χ0) is 16.1. The number of carbonyl (C=O) groups excluding carboxylic acids is 1. The molecule has 22 heavy (non-hydrogen) atoms. The smallest absolute Gasteiger partial charge is 0.266 e. The van der Waals surface area contributed by atoms with Crippen LogP contribution >= 0.6 is 11.8 Å². The van der Waals surface area contributed by atoms with Crippen molar-refractivity contribution in [2.75, 3.05) is 27.8 Å². The van der Waals surface area contributed by atoms with Crippen LogP contribution in [0.15, 0.2) is 40.8 Å². The molecular weight excluding hydrogens is 300 g/mol. The van der Waals surface area contributed by atoms with E-state index in [0.717, 1.165) is 5.56 Å². The van der Waals surface area contributed by atoms with Crippen molar-refractivity contribution in [3.05, 3.63) is 41.3 Å². The lowest BCUT2D eigenvalue weighted by atomic mass is 10.1. The molecule has 0 N–H and O–H groups in total. The van der Waals surface area contributed by atoms with Gasteiger partial charge in [-0.1, -0.05) is 6.08 Å². The van der Waals surface area contributed by atoms with Crippen LogP contribution < -0.4 is 9.47 Å². The maximum atomic E-state index is 12.3. The van der Waals surface area contributed by atoms with Crippen molar-refractivity contribution in [3.63, 3.8) is 0 Å². The fourth-order valence-electron chi connectivity index (χ4n) is 1.91. The van der Waals surface area contributed by atoms with Crippen LogP contribution in [0.3, 0.4) is 0 Å². The topological polar surface area (TPSA) is 51.1 Å². The van der Waals surface area contributed by atoms with Crippen LogP contribution in [0.2, 0.25) is 0 Å². The largest absolute Gasteiger partial charge is 0.497 e. The van der Waals surface area contributed by atoms with E-state index in [1.807, 2.05) is 12.1 Å². The van der Waals surface area contributed by atoms with E-state index in [9.17, 15) is 4.79 Å². The molecule has 0 unspecified atom stereocenters. The summed E-state index contributed by atoms with van der Waals surface area (Å²) in [7, 11) is 4.90. The van der Waals surface area contributed by atoms with Crippen LogP contribution in [0, 0.1) is 0 Å². The SMILES string of the molecule is C=CC/N=C1/S/C(=C/c2ccc(OC)cc2OC)C(=O)N1C. The molecule has 1 aliphatic heterocycles. The molecule has 6 heteroatoms. The van der Waals surface area contributed by atoms with E-state index in [2.05, 4.69) is 11.6 Å². The second-order valence-electron chi connectivity index (χ2n) is 4.49. The molecule has 5 nitrogen and oxygen atoms in total. The average Bonchev–Trinajstić information content (AvgIpc) is 2.81. The van der Waals surface area contributed by atoms with Gasteiger partial charge in [0.05, 0.1) is 25.7 Å². The van der Waals surface area contributed by atoms with Crippen molar-refractivity contribution >= 4 is 28.9 Å². The number of likely N-dealkylation sites (N-methyl/N-ethyl adjacent to an activating group) is 1. The molecular formula is C16H18N2O3S. The van der Waals surface area contributed by atoms with E-state index in [1.54, 1.807) is 39.5 Å². The Bertz CT molecular complexity index is 653. The maximum absolute atomic E-state index is 12.3. The zero-order valence-electron chi connectivity index (χ0n) is 12.8. The van der Waals surface area contributed by atoms with Crippen LogP contribution in [-0.4, -0.2) is 43.8 Å². The van der Waals surface area contributed by atoms with Crippen LogP contribution in [0.5, 0.6) is 11.5 Å². The normalized spacial score (nSPS) is 18.1. The lowest BCUT2D eigenvalue weighted by Gasteiger charge is -2.08. The first-order chi connectivity index (χ1) is 10.6. The van der Waals surface area contributed by atoms with Gasteiger partial charge in [0.1, 0.15) is 11.5 Å². The van der Waals surface area contributed by atoms with Gasteiger partial charge in [-0.3, -0.25) is 14.7 Å². The Labute approximate surface area is 134 Å². The van der Waals surface area contributed by atoms with Crippen molar-refractivity contribution in [1.82, 2.24) is 4.90 Å². The fraction of sp³-hybridized carbons (Fsp3) is 0.250. The van der Waals surface area contributed by atoms with Gasteiger partial charge in [-0.15, -0.1) is 6.58 Å². The maximum Gasteiger partial charge on any atom is 0.266 e. The summed E-state index contributed by atoms with van der Waals surface area (Å²) in [6.07, 6.45) is 3.50. The summed E-state index contributed by atoms with van der Waals surface area (Å²) in [5.74, 6) is 1.28. The quantitative estimate of drug-likeness (QED) is 0.619. The molecule has 0 bridgehead atoms. The standard InChI is InChI=1S/C16H18N2O3S/c1-5-8-17-16-18(2)15(19)14(22-16)9-11-6-7-12(20-3)10-13(11)21-4/h5-7,9-10H,1,8H2,2-4H3/b14-9+,17-16+. The Hall–Kier alpha value is -2.21. The first-order valence-corrected chi connectivity index (χ1v) is 7.47. The van der Waals surface area contributed by atoms with Crippen molar-refractivity contribution in [1.29, 1.82) is 0 Å². The molecule has 1 aromatic rings. The zero-order valence-corrected chi connectivity index (χ0v) is 13.6. The van der Waals surface area contributed by atoms with Crippen LogP contribution in [0.1, 0.15) is 5.56 Å². The van der Waals surface area contributed by atoms with Crippen LogP contribution in [-0.2, 0) is 4.79 Å². The van der Waals surface area contributed by atoms with E-state index < -0.39 is 0 Å². The number of rotatable bonds is 5. The number of carbonyl (C=O) groups is 1. The number of thioether (sulfide) groups is 1. The lowest BCUT2D eigenvalue weighted by Crippen LogP contribution is -2.24. The van der Waals surface area contributed by atoms with Gasteiger partial charge in [-0.25, -0.2) is 0 Å². The van der Waals surface area contributed by atoms with Crippen LogP contribution in [0.25, 0.3) is 6.08 Å². The minimum Gasteiger partial charge on any atom is -0.497 e. The number of amides is 1. The van der Waals surface area contributed by atoms with Crippen molar-refractivity contribution in [2.45, 2.75) is 0 Å². The summed E-state index contributed by atoms with van der Waals surface area (Å²) in [6.45, 7) is 4.11. The summed E-state index contributed by atoms with van der Waals surface area (Å²) >= 11 is 1.34. The minimum absolute atomic E-state index is 0.0781. The summed E-state index contributed by atoms with van der Waals surface area (Å²) in [4.78, 5) is 18.7. The van der Waals surface area contributed by atoms with Crippen molar-refractivity contribution in [3.8, 4) is 11.5 Å². The highest BCUT2D eigenvalue weighted by Crippen LogP contribution is 2.34. The van der Waals surface area contributed by atoms with Gasteiger partial charge >= 0.3 is 0 Å². The summed E-state index contributed by atoms with van der Waals surface area (Å²) in [6, 6.07) is 5.47. The number of hydrogen-bond acceptors (Lipinski definition) is 5. The van der Waals surface area contributed by atoms with Gasteiger partial charge in [-0.2, -0.15) is 0 Å². The highest BCUT2D eigenvalue weighted by Gasteiger charge is 2.30. The van der Waals surface area contributed by atoms with Gasteiger partial charge in [0, 0.05) is 18.7 Å². The molecule has 1 fully saturated rings. The molecule has 0 saturated carbocycles. The first-order valence-electron chi connectivity index (χ1n) is 6.65. The highest BCUT2D eigenvalue weighted by atomic mass is 32.2. The molecule has 0 aliphatic carbocycles. The Morgan fingerprint density at radius 1 is 1.36 bits per heavy atom. The second-order valence-corrected chi connectivity index (χ2v) is 5.50. The summed E-state index contributed by atoms with van der Waals surface area (Å²) < 4.78 is 10.5. The third-order valence-electron chi connectivity index (χ3n) is 3.09. The third-order valence-corrected chi connectivity index (χ3v) is 4.18. The predicted molar refractivity (Wildman–Crippen MR) is 90.4 cm³/mol. The number of methoxy groups -OCH3 is 2. The van der Waals surface area contributed by atoms with Gasteiger partial charge in [0.25, 0.3) is 5.91 Å². The van der Waals surface area contributed by atoms with E-state index >= 15 is 0 Å². The number of ether oxygens (including phenoxy) is 2. The van der Waals surface area contributed by atoms with Gasteiger partial charge < -0.3 is 9.47 Å². The lowest BCUT2D eigenvalue weighted by molar-refractivity contribution is -0.121. The third kappa shape index (κ3) is 3.33. The van der Waals surface area contributed by atoms with E-state index in [0.29, 0.717) is 28.1 Å². The van der Waals surface area contributed by atoms with Gasteiger partial charge in [-0.05, 0) is 30.0 Å².